The largest absolute Gasteiger partial charge is 0.486 e. The summed E-state index contributed by atoms with van der Waals surface area (Å²) in [4.78, 5) is 10.5. The van der Waals surface area contributed by atoms with Crippen LogP contribution in [0.25, 0.3) is 5.69 Å². The highest BCUT2D eigenvalue weighted by Crippen LogP contribution is 2.31. The normalized spacial score (nSPS) is 13.4. The monoisotopic (exact) mass is 231 g/mol. The number of aldehydes is 1. The molecule has 1 aromatic carbocycles. The predicted molar refractivity (Wildman–Crippen MR) is 57.7 cm³/mol. The molecule has 2 aromatic rings. The van der Waals surface area contributed by atoms with Gasteiger partial charge in [0, 0.05) is 6.07 Å². The molecule has 1 aliphatic heterocycles. The van der Waals surface area contributed by atoms with Gasteiger partial charge in [0.05, 0.1) is 11.9 Å². The highest BCUT2D eigenvalue weighted by atomic mass is 16.6. The standard InChI is InChI=1S/C11H9N3O3/c15-7-8-6-14(13-12-8)9-1-2-10-11(5-9)17-4-3-16-10/h1-2,5-7H,3-4H2. The van der Waals surface area contributed by atoms with Gasteiger partial charge in [0.25, 0.3) is 0 Å². The lowest BCUT2D eigenvalue weighted by molar-refractivity contribution is 0.111. The third-order valence-corrected chi connectivity index (χ3v) is 2.42. The van der Waals surface area contributed by atoms with E-state index in [1.54, 1.807) is 12.3 Å². The molecule has 0 bridgehead atoms. The van der Waals surface area contributed by atoms with Gasteiger partial charge in [-0.3, -0.25) is 4.79 Å². The van der Waals surface area contributed by atoms with Gasteiger partial charge >= 0.3 is 0 Å². The second kappa shape index (κ2) is 3.89. The van der Waals surface area contributed by atoms with E-state index in [-0.39, 0.29) is 0 Å². The minimum Gasteiger partial charge on any atom is -0.486 e. The van der Waals surface area contributed by atoms with Gasteiger partial charge in [0.2, 0.25) is 0 Å². The molecule has 0 atom stereocenters. The summed E-state index contributed by atoms with van der Waals surface area (Å²) in [5, 5.41) is 7.54. The SMILES string of the molecule is O=Cc1cn(-c2ccc3c(c2)OCCO3)nn1. The minimum absolute atomic E-state index is 0.292. The first kappa shape index (κ1) is 9.83. The van der Waals surface area contributed by atoms with Gasteiger partial charge < -0.3 is 9.47 Å². The van der Waals surface area contributed by atoms with E-state index in [1.807, 2.05) is 12.1 Å². The summed E-state index contributed by atoms with van der Waals surface area (Å²) in [6.45, 7) is 1.10. The Labute approximate surface area is 96.8 Å². The summed E-state index contributed by atoms with van der Waals surface area (Å²) in [6.07, 6.45) is 2.21. The van der Waals surface area contributed by atoms with Crippen molar-refractivity contribution in [1.29, 1.82) is 0 Å². The summed E-state index contributed by atoms with van der Waals surface area (Å²) >= 11 is 0. The van der Waals surface area contributed by atoms with Crippen LogP contribution >= 0.6 is 0 Å². The summed E-state index contributed by atoms with van der Waals surface area (Å²) in [5.74, 6) is 1.40. The number of hydrogen-bond acceptors (Lipinski definition) is 5. The molecule has 86 valence electrons. The predicted octanol–water partition coefficient (Wildman–Crippen LogP) is 0.851. The number of aromatic nitrogens is 3. The lowest BCUT2D eigenvalue weighted by Gasteiger charge is -2.18. The molecule has 0 saturated heterocycles. The molecule has 0 saturated carbocycles. The molecular weight excluding hydrogens is 222 g/mol. The highest BCUT2D eigenvalue weighted by molar-refractivity contribution is 5.70. The van der Waals surface area contributed by atoms with Gasteiger partial charge in [0.1, 0.15) is 18.9 Å². The molecule has 0 unspecified atom stereocenters. The van der Waals surface area contributed by atoms with Crippen LogP contribution in [-0.4, -0.2) is 34.5 Å². The summed E-state index contributed by atoms with van der Waals surface area (Å²) < 4.78 is 12.4. The second-order valence-corrected chi connectivity index (χ2v) is 3.53. The summed E-state index contributed by atoms with van der Waals surface area (Å²) in [6, 6.07) is 5.45. The molecule has 1 aromatic heterocycles. The van der Waals surface area contributed by atoms with E-state index in [9.17, 15) is 4.79 Å². The van der Waals surface area contributed by atoms with E-state index in [0.29, 0.717) is 30.9 Å². The fourth-order valence-electron chi connectivity index (χ4n) is 1.63. The fraction of sp³-hybridized carbons (Fsp3) is 0.182. The van der Waals surface area contributed by atoms with E-state index >= 15 is 0 Å². The quantitative estimate of drug-likeness (QED) is 0.717. The number of benzene rings is 1. The Kier molecular flexibility index (Phi) is 2.25. The van der Waals surface area contributed by atoms with E-state index < -0.39 is 0 Å². The van der Waals surface area contributed by atoms with Gasteiger partial charge in [-0.15, -0.1) is 5.10 Å². The first-order chi connectivity index (χ1) is 8.36. The molecule has 6 nitrogen and oxygen atoms in total. The number of rotatable bonds is 2. The van der Waals surface area contributed by atoms with E-state index in [0.717, 1.165) is 11.4 Å². The Morgan fingerprint density at radius 2 is 2.06 bits per heavy atom. The van der Waals surface area contributed by atoms with Gasteiger partial charge in [-0.2, -0.15) is 0 Å². The first-order valence-corrected chi connectivity index (χ1v) is 5.14. The number of carbonyl (C=O) groups excluding carboxylic acids is 1. The van der Waals surface area contributed by atoms with Crippen LogP contribution in [0.3, 0.4) is 0 Å². The van der Waals surface area contributed by atoms with Crippen LogP contribution in [0.5, 0.6) is 11.5 Å². The topological polar surface area (TPSA) is 66.2 Å². The molecule has 0 radical (unpaired) electrons. The van der Waals surface area contributed by atoms with Crippen LogP contribution < -0.4 is 9.47 Å². The van der Waals surface area contributed by atoms with Crippen molar-refractivity contribution in [2.24, 2.45) is 0 Å². The molecule has 0 amide bonds. The van der Waals surface area contributed by atoms with Crippen molar-refractivity contribution in [2.75, 3.05) is 13.2 Å². The van der Waals surface area contributed by atoms with Crippen LogP contribution in [0.2, 0.25) is 0 Å². The maximum absolute atomic E-state index is 10.5. The Bertz CT molecular complexity index is 565. The van der Waals surface area contributed by atoms with Crippen molar-refractivity contribution < 1.29 is 14.3 Å². The Hall–Kier alpha value is -2.37. The van der Waals surface area contributed by atoms with E-state index in [2.05, 4.69) is 10.3 Å². The molecule has 0 aliphatic carbocycles. The fourth-order valence-corrected chi connectivity index (χ4v) is 1.63. The van der Waals surface area contributed by atoms with Crippen LogP contribution in [0.1, 0.15) is 10.5 Å². The zero-order chi connectivity index (χ0) is 11.7. The Morgan fingerprint density at radius 1 is 1.24 bits per heavy atom. The number of nitrogens with zero attached hydrogens (tertiary/aromatic N) is 3. The molecular formula is C11H9N3O3. The molecule has 6 heteroatoms. The van der Waals surface area contributed by atoms with Crippen molar-refractivity contribution in [1.82, 2.24) is 15.0 Å². The number of fused-ring (bicyclic) bond motifs is 1. The van der Waals surface area contributed by atoms with Gasteiger partial charge in [0.15, 0.2) is 17.8 Å². The lowest BCUT2D eigenvalue weighted by atomic mass is 10.2. The summed E-state index contributed by atoms with van der Waals surface area (Å²) in [7, 11) is 0. The smallest absolute Gasteiger partial charge is 0.171 e. The van der Waals surface area contributed by atoms with Crippen LogP contribution in [0, 0.1) is 0 Å². The maximum Gasteiger partial charge on any atom is 0.171 e. The van der Waals surface area contributed by atoms with E-state index in [4.69, 9.17) is 9.47 Å². The van der Waals surface area contributed by atoms with Crippen molar-refractivity contribution in [3.63, 3.8) is 0 Å². The van der Waals surface area contributed by atoms with Crippen molar-refractivity contribution >= 4 is 6.29 Å². The number of hydrogen-bond donors (Lipinski definition) is 0. The van der Waals surface area contributed by atoms with Crippen molar-refractivity contribution in [2.45, 2.75) is 0 Å². The van der Waals surface area contributed by atoms with Crippen molar-refractivity contribution in [3.8, 4) is 17.2 Å². The zero-order valence-corrected chi connectivity index (χ0v) is 8.87. The molecule has 2 heterocycles. The average Bonchev–Trinajstić information content (AvgIpc) is 2.87. The van der Waals surface area contributed by atoms with Crippen LogP contribution in [0.4, 0.5) is 0 Å². The molecule has 3 rings (SSSR count). The average molecular weight is 231 g/mol. The zero-order valence-electron chi connectivity index (χ0n) is 8.87. The summed E-state index contributed by atoms with van der Waals surface area (Å²) in [5.41, 5.74) is 1.06. The second-order valence-electron chi connectivity index (χ2n) is 3.53. The van der Waals surface area contributed by atoms with Gasteiger partial charge in [-0.25, -0.2) is 4.68 Å². The van der Waals surface area contributed by atoms with Crippen LogP contribution in [0.15, 0.2) is 24.4 Å². The first-order valence-electron chi connectivity index (χ1n) is 5.14. The number of ether oxygens (including phenoxy) is 2. The Morgan fingerprint density at radius 3 is 2.82 bits per heavy atom. The lowest BCUT2D eigenvalue weighted by Crippen LogP contribution is -2.15. The molecule has 0 spiro atoms. The Balaban J connectivity index is 2.00. The molecule has 0 fully saturated rings. The minimum atomic E-state index is 0.292. The van der Waals surface area contributed by atoms with Crippen molar-refractivity contribution in [3.05, 3.63) is 30.1 Å². The van der Waals surface area contributed by atoms with Gasteiger partial charge in [-0.1, -0.05) is 5.21 Å². The highest BCUT2D eigenvalue weighted by Gasteiger charge is 2.12. The van der Waals surface area contributed by atoms with Gasteiger partial charge in [-0.05, 0) is 12.1 Å². The molecule has 1 aliphatic rings. The van der Waals surface area contributed by atoms with E-state index in [1.165, 1.54) is 4.68 Å². The van der Waals surface area contributed by atoms with Crippen LogP contribution in [-0.2, 0) is 0 Å². The molecule has 17 heavy (non-hydrogen) atoms. The molecule has 0 N–H and O–H groups in total. The number of carbonyl (C=O) groups is 1. The third-order valence-electron chi connectivity index (χ3n) is 2.42. The maximum atomic E-state index is 10.5. The third kappa shape index (κ3) is 1.73.